The minimum Gasteiger partial charge on any atom is -0.229 e. The standard InChI is InChI=1S/C7H11ClN4.C3H6/c8-6-2-1-3-7(4-6)12-5-9-10-11-12;1-2-3-1/h5-7H,1-4H2;1-3H2. The fraction of sp³-hybridized carbons (Fsp3) is 0.900. The van der Waals surface area contributed by atoms with Gasteiger partial charge < -0.3 is 0 Å². The molecule has 0 amide bonds. The molecule has 3 rings (SSSR count). The van der Waals surface area contributed by atoms with E-state index in [-0.39, 0.29) is 0 Å². The highest BCUT2D eigenvalue weighted by Gasteiger charge is 2.21. The normalized spacial score (nSPS) is 29.1. The molecule has 0 spiro atoms. The van der Waals surface area contributed by atoms with Crippen LogP contribution in [0, 0.1) is 0 Å². The van der Waals surface area contributed by atoms with Crippen molar-refractivity contribution in [3.8, 4) is 0 Å². The van der Waals surface area contributed by atoms with Gasteiger partial charge >= 0.3 is 0 Å². The zero-order valence-electron chi connectivity index (χ0n) is 8.85. The monoisotopic (exact) mass is 228 g/mol. The van der Waals surface area contributed by atoms with E-state index >= 15 is 0 Å². The van der Waals surface area contributed by atoms with Gasteiger partial charge in [0.15, 0.2) is 0 Å². The zero-order chi connectivity index (χ0) is 10.5. The van der Waals surface area contributed by atoms with E-state index < -0.39 is 0 Å². The fourth-order valence-corrected chi connectivity index (χ4v) is 2.04. The molecule has 5 heteroatoms. The molecule has 0 radical (unpaired) electrons. The van der Waals surface area contributed by atoms with E-state index in [1.165, 1.54) is 25.7 Å². The van der Waals surface area contributed by atoms with Crippen LogP contribution in [0.15, 0.2) is 6.33 Å². The summed E-state index contributed by atoms with van der Waals surface area (Å²) in [4.78, 5) is 0. The second kappa shape index (κ2) is 5.45. The van der Waals surface area contributed by atoms with Crippen LogP contribution >= 0.6 is 11.6 Å². The topological polar surface area (TPSA) is 43.6 Å². The van der Waals surface area contributed by atoms with E-state index in [0.717, 1.165) is 19.3 Å². The van der Waals surface area contributed by atoms with Crippen LogP contribution in [0.5, 0.6) is 0 Å². The van der Waals surface area contributed by atoms with Crippen molar-refractivity contribution < 1.29 is 0 Å². The minimum atomic E-state index is 0.299. The van der Waals surface area contributed by atoms with Gasteiger partial charge in [0.2, 0.25) is 0 Å². The zero-order valence-corrected chi connectivity index (χ0v) is 9.60. The van der Waals surface area contributed by atoms with Gasteiger partial charge in [0, 0.05) is 5.38 Å². The van der Waals surface area contributed by atoms with E-state index in [2.05, 4.69) is 15.5 Å². The summed E-state index contributed by atoms with van der Waals surface area (Å²) in [5.41, 5.74) is 0. The van der Waals surface area contributed by atoms with Crippen molar-refractivity contribution in [2.45, 2.75) is 56.4 Å². The number of tetrazole rings is 1. The summed E-state index contributed by atoms with van der Waals surface area (Å²) in [7, 11) is 0. The molecule has 0 aliphatic heterocycles. The molecular formula is C10H17ClN4. The lowest BCUT2D eigenvalue weighted by Gasteiger charge is -2.24. The Morgan fingerprint density at radius 2 is 1.93 bits per heavy atom. The quantitative estimate of drug-likeness (QED) is 0.694. The largest absolute Gasteiger partial charge is 0.229 e. The summed E-state index contributed by atoms with van der Waals surface area (Å²) in [6.45, 7) is 0. The maximum atomic E-state index is 6.05. The molecule has 1 aromatic rings. The molecule has 2 aliphatic rings. The highest BCUT2D eigenvalue weighted by molar-refractivity contribution is 6.20. The predicted octanol–water partition coefficient (Wildman–Crippen LogP) is 2.57. The lowest BCUT2D eigenvalue weighted by molar-refractivity contribution is 0.328. The van der Waals surface area contributed by atoms with Crippen LogP contribution in [-0.4, -0.2) is 25.6 Å². The van der Waals surface area contributed by atoms with Crippen molar-refractivity contribution in [3.63, 3.8) is 0 Å². The molecule has 2 unspecified atom stereocenters. The summed E-state index contributed by atoms with van der Waals surface area (Å²) in [6, 6.07) is 0.413. The van der Waals surface area contributed by atoms with Crippen molar-refractivity contribution in [2.24, 2.45) is 0 Å². The predicted molar refractivity (Wildman–Crippen MR) is 58.8 cm³/mol. The molecule has 1 heterocycles. The van der Waals surface area contributed by atoms with Gasteiger partial charge in [0.25, 0.3) is 0 Å². The van der Waals surface area contributed by atoms with Gasteiger partial charge in [0.1, 0.15) is 6.33 Å². The number of alkyl halides is 1. The summed E-state index contributed by atoms with van der Waals surface area (Å²) >= 11 is 6.05. The van der Waals surface area contributed by atoms with Crippen molar-refractivity contribution in [1.29, 1.82) is 0 Å². The first-order chi connectivity index (χ1) is 7.36. The summed E-state index contributed by atoms with van der Waals surface area (Å²) in [6.07, 6.45) is 10.6. The molecule has 2 atom stereocenters. The Labute approximate surface area is 95.0 Å². The van der Waals surface area contributed by atoms with Crippen molar-refractivity contribution in [2.75, 3.05) is 0 Å². The first-order valence-electron chi connectivity index (χ1n) is 5.73. The third-order valence-electron chi connectivity index (χ3n) is 2.68. The van der Waals surface area contributed by atoms with Crippen LogP contribution in [0.4, 0.5) is 0 Å². The molecule has 0 saturated heterocycles. The number of hydrogen-bond acceptors (Lipinski definition) is 3. The van der Waals surface area contributed by atoms with Crippen molar-refractivity contribution in [1.82, 2.24) is 20.2 Å². The second-order valence-corrected chi connectivity index (χ2v) is 4.89. The summed E-state index contributed by atoms with van der Waals surface area (Å²) < 4.78 is 1.81. The van der Waals surface area contributed by atoms with Crippen LogP contribution < -0.4 is 0 Å². The molecule has 4 nitrogen and oxygen atoms in total. The molecule has 1 aromatic heterocycles. The Kier molecular flexibility index (Phi) is 3.94. The number of aromatic nitrogens is 4. The number of hydrogen-bond donors (Lipinski definition) is 0. The van der Waals surface area contributed by atoms with Gasteiger partial charge in [-0.15, -0.1) is 16.7 Å². The van der Waals surface area contributed by atoms with Gasteiger partial charge in [-0.25, -0.2) is 4.68 Å². The smallest absolute Gasteiger partial charge is 0.138 e. The Morgan fingerprint density at radius 1 is 1.13 bits per heavy atom. The summed E-state index contributed by atoms with van der Waals surface area (Å²) in [5, 5.41) is 11.4. The Balaban J connectivity index is 0.000000244. The summed E-state index contributed by atoms with van der Waals surface area (Å²) in [5.74, 6) is 0. The van der Waals surface area contributed by atoms with Gasteiger partial charge in [0.05, 0.1) is 6.04 Å². The van der Waals surface area contributed by atoms with Gasteiger partial charge in [-0.1, -0.05) is 19.3 Å². The second-order valence-electron chi connectivity index (χ2n) is 4.27. The molecule has 0 aromatic carbocycles. The number of rotatable bonds is 1. The van der Waals surface area contributed by atoms with E-state index in [1.54, 1.807) is 6.33 Å². The van der Waals surface area contributed by atoms with E-state index in [0.29, 0.717) is 11.4 Å². The third kappa shape index (κ3) is 3.78. The minimum absolute atomic E-state index is 0.299. The number of halogens is 1. The van der Waals surface area contributed by atoms with Crippen LogP contribution in [0.1, 0.15) is 51.0 Å². The molecule has 0 bridgehead atoms. The van der Waals surface area contributed by atoms with Crippen molar-refractivity contribution >= 4 is 11.6 Å². The van der Waals surface area contributed by atoms with Crippen LogP contribution in [0.3, 0.4) is 0 Å². The highest BCUT2D eigenvalue weighted by atomic mass is 35.5. The lowest BCUT2D eigenvalue weighted by atomic mass is 9.95. The SMILES string of the molecule is C1CC1.ClC1CCCC(n2cnnn2)C1. The van der Waals surface area contributed by atoms with E-state index in [9.17, 15) is 0 Å². The van der Waals surface area contributed by atoms with Crippen molar-refractivity contribution in [3.05, 3.63) is 6.33 Å². The molecule has 2 aliphatic carbocycles. The van der Waals surface area contributed by atoms with E-state index in [4.69, 9.17) is 11.6 Å². The van der Waals surface area contributed by atoms with Crippen LogP contribution in [-0.2, 0) is 0 Å². The molecule has 15 heavy (non-hydrogen) atoms. The first-order valence-corrected chi connectivity index (χ1v) is 6.16. The maximum Gasteiger partial charge on any atom is 0.138 e. The maximum absolute atomic E-state index is 6.05. The molecular weight excluding hydrogens is 212 g/mol. The fourth-order valence-electron chi connectivity index (χ4n) is 1.68. The Bertz CT molecular complexity index is 270. The van der Waals surface area contributed by atoms with Crippen LogP contribution in [0.25, 0.3) is 0 Å². The lowest BCUT2D eigenvalue weighted by Crippen LogP contribution is -2.19. The molecule has 2 fully saturated rings. The molecule has 2 saturated carbocycles. The molecule has 84 valence electrons. The van der Waals surface area contributed by atoms with Gasteiger partial charge in [-0.05, 0) is 36.1 Å². The van der Waals surface area contributed by atoms with Crippen LogP contribution in [0.2, 0.25) is 0 Å². The van der Waals surface area contributed by atoms with E-state index in [1.807, 2.05) is 4.68 Å². The average molecular weight is 229 g/mol. The average Bonchev–Trinajstić information content (AvgIpc) is 3.02. The Hall–Kier alpha value is -0.640. The third-order valence-corrected chi connectivity index (χ3v) is 3.07. The van der Waals surface area contributed by atoms with Gasteiger partial charge in [-0.3, -0.25) is 0 Å². The molecule has 0 N–H and O–H groups in total. The number of nitrogens with zero attached hydrogens (tertiary/aromatic N) is 4. The highest BCUT2D eigenvalue weighted by Crippen LogP contribution is 2.30. The van der Waals surface area contributed by atoms with Gasteiger partial charge in [-0.2, -0.15) is 0 Å². The Morgan fingerprint density at radius 3 is 2.47 bits per heavy atom. The first kappa shape index (κ1) is 10.9.